The Balaban J connectivity index is 1.62. The fraction of sp³-hybridized carbons (Fsp3) is 0.474. The molecule has 27 heavy (non-hydrogen) atoms. The number of hydrogen-bond acceptors (Lipinski definition) is 5. The summed E-state index contributed by atoms with van der Waals surface area (Å²) in [6.07, 6.45) is 1.58. The zero-order valence-corrected chi connectivity index (χ0v) is 16.0. The number of likely N-dealkylation sites (tertiary alicyclic amines) is 1. The van der Waals surface area contributed by atoms with Crippen LogP contribution in [0.1, 0.15) is 58.4 Å². The van der Waals surface area contributed by atoms with Gasteiger partial charge >= 0.3 is 0 Å². The van der Waals surface area contributed by atoms with E-state index in [0.29, 0.717) is 36.1 Å². The first-order chi connectivity index (χ1) is 12.9. The normalized spacial score (nSPS) is 17.2. The first kappa shape index (κ1) is 17.5. The average Bonchev–Trinajstić information content (AvgIpc) is 3.33. The third-order valence-corrected chi connectivity index (χ3v) is 5.32. The molecule has 0 saturated carbocycles. The largest absolute Gasteiger partial charge is 0.436 e. The van der Waals surface area contributed by atoms with Gasteiger partial charge in [-0.1, -0.05) is 6.92 Å². The van der Waals surface area contributed by atoms with Crippen molar-refractivity contribution in [1.29, 1.82) is 0 Å². The molecule has 4 heterocycles. The number of fused-ring (bicyclic) bond motifs is 1. The molecular weight excluding hydrogens is 346 g/mol. The molecule has 1 amide bonds. The van der Waals surface area contributed by atoms with E-state index in [9.17, 15) is 9.59 Å². The van der Waals surface area contributed by atoms with Gasteiger partial charge in [-0.25, -0.2) is 14.5 Å². The topological polar surface area (TPSA) is 96.5 Å². The summed E-state index contributed by atoms with van der Waals surface area (Å²) in [6, 6.07) is 1.57. The lowest BCUT2D eigenvalue weighted by molar-refractivity contribution is 0.0756. The molecule has 0 aliphatic carbocycles. The van der Waals surface area contributed by atoms with Gasteiger partial charge in [-0.05, 0) is 26.7 Å². The minimum atomic E-state index is -0.153. The van der Waals surface area contributed by atoms with Crippen LogP contribution in [0.2, 0.25) is 0 Å². The zero-order chi connectivity index (χ0) is 19.3. The first-order valence-corrected chi connectivity index (χ1v) is 9.23. The van der Waals surface area contributed by atoms with Gasteiger partial charge in [0, 0.05) is 43.3 Å². The number of oxazole rings is 1. The molecule has 1 unspecified atom stereocenters. The molecule has 0 spiro atoms. The molecule has 0 radical (unpaired) electrons. The number of aromatic amines is 1. The number of rotatable bonds is 3. The molecule has 1 saturated heterocycles. The highest BCUT2D eigenvalue weighted by Crippen LogP contribution is 2.28. The second-order valence-electron chi connectivity index (χ2n) is 7.13. The van der Waals surface area contributed by atoms with Crippen molar-refractivity contribution in [2.45, 2.75) is 46.5 Å². The summed E-state index contributed by atoms with van der Waals surface area (Å²) in [4.78, 5) is 35.9. The molecule has 1 fully saturated rings. The first-order valence-electron chi connectivity index (χ1n) is 9.23. The fourth-order valence-corrected chi connectivity index (χ4v) is 3.83. The van der Waals surface area contributed by atoms with Crippen LogP contribution in [0.25, 0.3) is 5.65 Å². The maximum atomic E-state index is 12.7. The van der Waals surface area contributed by atoms with Crippen LogP contribution in [0, 0.1) is 20.8 Å². The van der Waals surface area contributed by atoms with E-state index in [1.165, 1.54) is 4.52 Å². The van der Waals surface area contributed by atoms with Gasteiger partial charge in [0.15, 0.2) is 11.5 Å². The molecule has 8 nitrogen and oxygen atoms in total. The molecule has 1 aliphatic rings. The lowest BCUT2D eigenvalue weighted by atomic mass is 10.0. The Morgan fingerprint density at radius 1 is 1.33 bits per heavy atom. The Bertz CT molecular complexity index is 1090. The highest BCUT2D eigenvalue weighted by atomic mass is 16.4. The smallest absolute Gasteiger partial charge is 0.291 e. The van der Waals surface area contributed by atoms with Gasteiger partial charge in [-0.2, -0.15) is 0 Å². The lowest BCUT2D eigenvalue weighted by Gasteiger charge is -2.15. The Morgan fingerprint density at radius 2 is 2.11 bits per heavy atom. The Kier molecular flexibility index (Phi) is 4.13. The molecule has 0 bridgehead atoms. The van der Waals surface area contributed by atoms with Crippen LogP contribution in [0.5, 0.6) is 0 Å². The number of carbonyl (C=O) groups is 1. The van der Waals surface area contributed by atoms with Gasteiger partial charge in [0.2, 0.25) is 5.76 Å². The second-order valence-corrected chi connectivity index (χ2v) is 7.13. The third kappa shape index (κ3) is 2.85. The number of H-pyrrole nitrogens is 1. The Morgan fingerprint density at radius 3 is 2.78 bits per heavy atom. The minimum Gasteiger partial charge on any atom is -0.436 e. The van der Waals surface area contributed by atoms with Crippen molar-refractivity contribution in [1.82, 2.24) is 24.5 Å². The summed E-state index contributed by atoms with van der Waals surface area (Å²) in [6.45, 7) is 8.64. The highest BCUT2D eigenvalue weighted by Gasteiger charge is 2.32. The lowest BCUT2D eigenvalue weighted by Crippen LogP contribution is -2.29. The molecule has 8 heteroatoms. The van der Waals surface area contributed by atoms with Crippen LogP contribution in [0.3, 0.4) is 0 Å². The molecule has 1 N–H and O–H groups in total. The average molecular weight is 369 g/mol. The van der Waals surface area contributed by atoms with Gasteiger partial charge in [-0.15, -0.1) is 0 Å². The summed E-state index contributed by atoms with van der Waals surface area (Å²) in [5.41, 5.74) is 3.90. The summed E-state index contributed by atoms with van der Waals surface area (Å²) in [5, 5.41) is 3.11. The van der Waals surface area contributed by atoms with Crippen LogP contribution in [-0.4, -0.2) is 43.5 Å². The SMILES string of the molecule is CCc1[nH]n2c(=O)cc(C3CCN(C(=O)c4oc(C)nc4C)C3)nc2c1C. The number of carbonyl (C=O) groups excluding carboxylic acids is 1. The monoisotopic (exact) mass is 369 g/mol. The van der Waals surface area contributed by atoms with Gasteiger partial charge in [0.1, 0.15) is 0 Å². The number of hydrogen-bond donors (Lipinski definition) is 1. The minimum absolute atomic E-state index is 0.0374. The van der Waals surface area contributed by atoms with E-state index >= 15 is 0 Å². The van der Waals surface area contributed by atoms with E-state index in [0.717, 1.165) is 29.8 Å². The quantitative estimate of drug-likeness (QED) is 0.763. The summed E-state index contributed by atoms with van der Waals surface area (Å²) < 4.78 is 6.96. The van der Waals surface area contributed by atoms with Crippen LogP contribution in [0.15, 0.2) is 15.3 Å². The Hall–Kier alpha value is -2.90. The van der Waals surface area contributed by atoms with Crippen molar-refractivity contribution in [2.75, 3.05) is 13.1 Å². The van der Waals surface area contributed by atoms with Crippen LogP contribution < -0.4 is 5.56 Å². The molecule has 0 aromatic carbocycles. The van der Waals surface area contributed by atoms with E-state index in [-0.39, 0.29) is 17.4 Å². The van der Waals surface area contributed by atoms with Gasteiger partial charge in [-0.3, -0.25) is 14.7 Å². The van der Waals surface area contributed by atoms with Crippen molar-refractivity contribution in [3.63, 3.8) is 0 Å². The van der Waals surface area contributed by atoms with Crippen molar-refractivity contribution in [3.05, 3.63) is 50.7 Å². The molecule has 1 aliphatic heterocycles. The van der Waals surface area contributed by atoms with E-state index in [1.54, 1.807) is 24.8 Å². The predicted octanol–water partition coefficient (Wildman–Crippen LogP) is 2.13. The van der Waals surface area contributed by atoms with Crippen LogP contribution in [0.4, 0.5) is 0 Å². The second kappa shape index (κ2) is 6.37. The number of aromatic nitrogens is 4. The summed E-state index contributed by atoms with van der Waals surface area (Å²) in [7, 11) is 0. The van der Waals surface area contributed by atoms with Crippen LogP contribution >= 0.6 is 0 Å². The molecule has 3 aromatic heterocycles. The van der Waals surface area contributed by atoms with E-state index in [4.69, 9.17) is 9.40 Å². The molecule has 3 aromatic rings. The summed E-state index contributed by atoms with van der Waals surface area (Å²) in [5.74, 6) is 0.668. The maximum absolute atomic E-state index is 12.7. The molecule has 142 valence electrons. The highest BCUT2D eigenvalue weighted by molar-refractivity contribution is 5.92. The third-order valence-electron chi connectivity index (χ3n) is 5.32. The molecule has 1 atom stereocenters. The molecule has 4 rings (SSSR count). The number of nitrogens with one attached hydrogen (secondary N) is 1. The van der Waals surface area contributed by atoms with Crippen LogP contribution in [-0.2, 0) is 6.42 Å². The fourth-order valence-electron chi connectivity index (χ4n) is 3.83. The van der Waals surface area contributed by atoms with Crippen molar-refractivity contribution in [3.8, 4) is 0 Å². The number of amides is 1. The van der Waals surface area contributed by atoms with Gasteiger partial charge in [0.05, 0.1) is 11.4 Å². The number of aryl methyl sites for hydroxylation is 4. The van der Waals surface area contributed by atoms with Crippen molar-refractivity contribution >= 4 is 11.6 Å². The van der Waals surface area contributed by atoms with E-state index in [1.807, 2.05) is 13.8 Å². The maximum Gasteiger partial charge on any atom is 0.291 e. The van der Waals surface area contributed by atoms with Crippen molar-refractivity contribution < 1.29 is 9.21 Å². The zero-order valence-electron chi connectivity index (χ0n) is 16.0. The van der Waals surface area contributed by atoms with Crippen molar-refractivity contribution in [2.24, 2.45) is 0 Å². The number of nitrogens with zero attached hydrogens (tertiary/aromatic N) is 4. The van der Waals surface area contributed by atoms with Gasteiger partial charge in [0.25, 0.3) is 11.5 Å². The van der Waals surface area contributed by atoms with E-state index in [2.05, 4.69) is 10.1 Å². The predicted molar refractivity (Wildman–Crippen MR) is 99.2 cm³/mol. The van der Waals surface area contributed by atoms with Gasteiger partial charge < -0.3 is 9.32 Å². The standard InChI is InChI=1S/C19H23N5O3/c1-5-14-10(2)18-21-15(8-16(25)24(18)22-14)13-6-7-23(9-13)19(26)17-11(3)20-12(4)27-17/h8,13,22H,5-7,9H2,1-4H3. The Labute approximate surface area is 156 Å². The molecular formula is C19H23N5O3. The summed E-state index contributed by atoms with van der Waals surface area (Å²) >= 11 is 0. The van der Waals surface area contributed by atoms with E-state index < -0.39 is 0 Å².